The number of nitrogens with zero attached hydrogens (tertiary/aromatic N) is 1. The van der Waals surface area contributed by atoms with Crippen molar-refractivity contribution in [2.45, 2.75) is 118 Å². The van der Waals surface area contributed by atoms with E-state index in [1.807, 2.05) is 41.5 Å². The van der Waals surface area contributed by atoms with Gasteiger partial charge in [-0.15, -0.1) is 11.3 Å². The number of alkyl carbamates (subject to hydrolysis) is 1. The summed E-state index contributed by atoms with van der Waals surface area (Å²) in [7, 11) is -3.79. The van der Waals surface area contributed by atoms with Gasteiger partial charge in [-0.05, 0) is 51.4 Å². The van der Waals surface area contributed by atoms with E-state index in [1.54, 1.807) is 19.2 Å². The van der Waals surface area contributed by atoms with E-state index < -0.39 is 68.9 Å². The van der Waals surface area contributed by atoms with Gasteiger partial charge in [0.2, 0.25) is 17.7 Å². The molecule has 0 saturated heterocycles. The predicted molar refractivity (Wildman–Crippen MR) is 179 cm³/mol. The molecule has 4 amide bonds. The van der Waals surface area contributed by atoms with Crippen LogP contribution in [-0.4, -0.2) is 84.1 Å². The normalized spacial score (nSPS) is 15.3. The molecular formula is C31H55N5O8S2. The molecule has 0 unspecified atom stereocenters. The summed E-state index contributed by atoms with van der Waals surface area (Å²) < 4.78 is 30.7. The maximum absolute atomic E-state index is 13.5. The number of aryl methyl sites for hydroxylation is 1. The number of aliphatic hydroxyl groups is 1. The Balaban J connectivity index is 3.04. The first-order chi connectivity index (χ1) is 21.2. The lowest BCUT2D eigenvalue weighted by Gasteiger charge is -2.30. The Labute approximate surface area is 278 Å². The zero-order valence-corrected chi connectivity index (χ0v) is 30.5. The van der Waals surface area contributed by atoms with Gasteiger partial charge in [0.15, 0.2) is 9.84 Å². The van der Waals surface area contributed by atoms with Crippen molar-refractivity contribution in [2.75, 3.05) is 12.3 Å². The smallest absolute Gasteiger partial charge is 0.408 e. The second kappa shape index (κ2) is 19.1. The summed E-state index contributed by atoms with van der Waals surface area (Å²) >= 11 is 1.30. The number of amides is 4. The number of aromatic nitrogens is 1. The molecule has 0 radical (unpaired) electrons. The number of hydrogen-bond donors (Lipinski definition) is 5. The fourth-order valence-corrected chi connectivity index (χ4v) is 6.14. The van der Waals surface area contributed by atoms with E-state index in [1.165, 1.54) is 25.2 Å². The van der Waals surface area contributed by atoms with Gasteiger partial charge in [0.1, 0.15) is 23.7 Å². The van der Waals surface area contributed by atoms with E-state index >= 15 is 0 Å². The van der Waals surface area contributed by atoms with E-state index in [0.717, 1.165) is 5.69 Å². The number of nitrogens with one attached hydrogen (secondary N) is 4. The molecular weight excluding hydrogens is 635 g/mol. The van der Waals surface area contributed by atoms with Gasteiger partial charge in [0, 0.05) is 23.5 Å². The lowest BCUT2D eigenvalue weighted by atomic mass is 9.91. The molecule has 1 rings (SSSR count). The standard InChI is InChI=1S/C31H55N5O8S2/c1-17(2)11-23(25(37)12-21(9)28(38)36-27(19(5)6)30(40)32-13-18(3)4)34-29(39)24(16-46(42,43)20(7)8)35-31(41)44-14-26-33-22(10)15-45-26/h15,17-21,23-25,27,37H,11-14,16H2,1-10H3,(H,32,40)(H,34,39)(H,35,41)(H,36,38)/t21-,23-,24+,25+,27-/m1/s1. The van der Waals surface area contributed by atoms with Gasteiger partial charge in [-0.1, -0.05) is 48.5 Å². The minimum Gasteiger partial charge on any atom is -0.442 e. The average molecular weight is 690 g/mol. The number of sulfone groups is 1. The first kappa shape index (κ1) is 41.2. The van der Waals surface area contributed by atoms with Crippen molar-refractivity contribution >= 4 is 45.0 Å². The lowest BCUT2D eigenvalue weighted by Crippen LogP contribution is -2.56. The summed E-state index contributed by atoms with van der Waals surface area (Å²) in [5.74, 6) is -2.84. The van der Waals surface area contributed by atoms with Gasteiger partial charge in [-0.3, -0.25) is 14.4 Å². The summed E-state index contributed by atoms with van der Waals surface area (Å²) in [6.07, 6.45) is -1.91. The van der Waals surface area contributed by atoms with Crippen LogP contribution in [0.4, 0.5) is 4.79 Å². The molecule has 5 atom stereocenters. The molecule has 0 fully saturated rings. The Morgan fingerprint density at radius 1 is 0.891 bits per heavy atom. The minimum atomic E-state index is -3.79. The van der Waals surface area contributed by atoms with E-state index in [-0.39, 0.29) is 36.7 Å². The summed E-state index contributed by atoms with van der Waals surface area (Å²) in [5.41, 5.74) is 0.762. The molecule has 0 saturated carbocycles. The van der Waals surface area contributed by atoms with Crippen LogP contribution in [0.1, 0.15) is 85.9 Å². The second-order valence-corrected chi connectivity index (χ2v) is 16.9. The Bertz CT molecular complexity index is 1250. The molecule has 5 N–H and O–H groups in total. The van der Waals surface area contributed by atoms with Crippen LogP contribution in [0.2, 0.25) is 0 Å². The molecule has 1 aromatic rings. The van der Waals surface area contributed by atoms with Crippen molar-refractivity contribution in [3.63, 3.8) is 0 Å². The molecule has 0 spiro atoms. The van der Waals surface area contributed by atoms with Crippen molar-refractivity contribution in [3.8, 4) is 0 Å². The van der Waals surface area contributed by atoms with Crippen LogP contribution in [-0.2, 0) is 35.6 Å². The second-order valence-electron chi connectivity index (χ2n) is 13.4. The molecule has 0 aliphatic rings. The van der Waals surface area contributed by atoms with E-state index in [2.05, 4.69) is 26.3 Å². The largest absolute Gasteiger partial charge is 0.442 e. The maximum atomic E-state index is 13.5. The quantitative estimate of drug-likeness (QED) is 0.145. The van der Waals surface area contributed by atoms with Crippen LogP contribution < -0.4 is 21.3 Å². The number of carbonyl (C=O) groups excluding carboxylic acids is 4. The van der Waals surface area contributed by atoms with Crippen LogP contribution in [0.25, 0.3) is 0 Å². The van der Waals surface area contributed by atoms with E-state index in [9.17, 15) is 32.7 Å². The number of aliphatic hydroxyl groups excluding tert-OH is 1. The molecule has 0 aliphatic heterocycles. The number of thiazole rings is 1. The number of carbonyl (C=O) groups is 4. The third-order valence-corrected chi connectivity index (χ3v) is 10.4. The third kappa shape index (κ3) is 14.8. The van der Waals surface area contributed by atoms with Gasteiger partial charge >= 0.3 is 6.09 Å². The Hall–Kier alpha value is -2.78. The third-order valence-electron chi connectivity index (χ3n) is 7.21. The Kier molecular flexibility index (Phi) is 17.2. The topological polar surface area (TPSA) is 193 Å². The summed E-state index contributed by atoms with van der Waals surface area (Å²) in [4.78, 5) is 56.1. The molecule has 15 heteroatoms. The van der Waals surface area contributed by atoms with Crippen molar-refractivity contribution in [3.05, 3.63) is 16.1 Å². The SMILES string of the molecule is Cc1csc(COC(=O)N[C@@H](CS(=O)(=O)C(C)C)C(=O)N[C@H](CC(C)C)[C@@H](O)C[C@@H](C)C(=O)N[C@@H](C(=O)NCC(C)C)C(C)C)n1. The van der Waals surface area contributed by atoms with Gasteiger partial charge < -0.3 is 31.1 Å². The maximum Gasteiger partial charge on any atom is 0.408 e. The molecule has 13 nitrogen and oxygen atoms in total. The molecule has 1 heterocycles. The monoisotopic (exact) mass is 689 g/mol. The highest BCUT2D eigenvalue weighted by atomic mass is 32.2. The van der Waals surface area contributed by atoms with Gasteiger partial charge in [0.05, 0.1) is 23.1 Å². The minimum absolute atomic E-state index is 0.0107. The summed E-state index contributed by atoms with van der Waals surface area (Å²) in [5, 5.41) is 23.4. The molecule has 0 aliphatic carbocycles. The highest BCUT2D eigenvalue weighted by Crippen LogP contribution is 2.17. The molecule has 264 valence electrons. The Morgan fingerprint density at radius 2 is 1.52 bits per heavy atom. The van der Waals surface area contributed by atoms with Gasteiger partial charge in [-0.25, -0.2) is 18.2 Å². The molecule has 1 aromatic heterocycles. The van der Waals surface area contributed by atoms with Crippen molar-refractivity contribution in [1.29, 1.82) is 0 Å². The number of hydrogen-bond acceptors (Lipinski definition) is 10. The zero-order chi connectivity index (χ0) is 35.4. The fourth-order valence-electron chi connectivity index (χ4n) is 4.37. The fraction of sp³-hybridized carbons (Fsp3) is 0.774. The van der Waals surface area contributed by atoms with Crippen molar-refractivity contribution < 1.29 is 37.4 Å². The summed E-state index contributed by atoms with van der Waals surface area (Å²) in [6.45, 7) is 18.1. The molecule has 46 heavy (non-hydrogen) atoms. The highest BCUT2D eigenvalue weighted by Gasteiger charge is 2.34. The number of rotatable bonds is 19. The zero-order valence-electron chi connectivity index (χ0n) is 28.9. The van der Waals surface area contributed by atoms with Gasteiger partial charge in [-0.2, -0.15) is 0 Å². The average Bonchev–Trinajstić information content (AvgIpc) is 3.36. The predicted octanol–water partition coefficient (Wildman–Crippen LogP) is 2.70. The molecule has 0 aromatic carbocycles. The van der Waals surface area contributed by atoms with Crippen LogP contribution in [0.3, 0.4) is 0 Å². The first-order valence-electron chi connectivity index (χ1n) is 15.9. The van der Waals surface area contributed by atoms with Crippen LogP contribution >= 0.6 is 11.3 Å². The van der Waals surface area contributed by atoms with E-state index in [0.29, 0.717) is 18.0 Å². The molecule has 0 bridgehead atoms. The van der Waals surface area contributed by atoms with Crippen LogP contribution in [0.15, 0.2) is 5.38 Å². The van der Waals surface area contributed by atoms with Crippen molar-refractivity contribution in [2.24, 2.45) is 23.7 Å². The number of ether oxygens (including phenoxy) is 1. The first-order valence-corrected chi connectivity index (χ1v) is 18.4. The highest BCUT2D eigenvalue weighted by molar-refractivity contribution is 7.92. The van der Waals surface area contributed by atoms with Crippen LogP contribution in [0, 0.1) is 30.6 Å². The van der Waals surface area contributed by atoms with E-state index in [4.69, 9.17) is 4.74 Å². The van der Waals surface area contributed by atoms with Crippen molar-refractivity contribution in [1.82, 2.24) is 26.3 Å². The van der Waals surface area contributed by atoms with Gasteiger partial charge in [0.25, 0.3) is 0 Å². The summed E-state index contributed by atoms with van der Waals surface area (Å²) in [6, 6.07) is -3.12. The Morgan fingerprint density at radius 3 is 2.02 bits per heavy atom. The van der Waals surface area contributed by atoms with Crippen LogP contribution in [0.5, 0.6) is 0 Å². The lowest BCUT2D eigenvalue weighted by molar-refractivity contribution is -0.132.